The smallest absolute Gasteiger partial charge is 0.262 e. The summed E-state index contributed by atoms with van der Waals surface area (Å²) in [6.07, 6.45) is 0.795. The molecule has 5 nitrogen and oxygen atoms in total. The number of rotatable bonds is 6. The van der Waals surface area contributed by atoms with Crippen molar-refractivity contribution < 1.29 is 4.79 Å². The molecule has 0 saturated heterocycles. The number of amides is 1. The van der Waals surface area contributed by atoms with Gasteiger partial charge in [0.05, 0.1) is 16.7 Å². The predicted octanol–water partition coefficient (Wildman–Crippen LogP) is 4.81. The molecule has 0 saturated carbocycles. The van der Waals surface area contributed by atoms with E-state index in [0.717, 1.165) is 23.2 Å². The van der Waals surface area contributed by atoms with E-state index >= 15 is 0 Å². The molecule has 0 fully saturated rings. The Labute approximate surface area is 173 Å². The monoisotopic (exact) mass is 415 g/mol. The van der Waals surface area contributed by atoms with Crippen LogP contribution in [-0.2, 0) is 11.3 Å². The number of carbonyl (C=O) groups excluding carboxylic acids is 1. The first-order valence-corrected chi connectivity index (χ1v) is 10.5. The Morgan fingerprint density at radius 3 is 2.79 bits per heavy atom. The van der Waals surface area contributed by atoms with Crippen molar-refractivity contribution in [2.24, 2.45) is 0 Å². The Morgan fingerprint density at radius 2 is 2.04 bits per heavy atom. The molecule has 3 rings (SSSR count). The molecule has 0 aliphatic heterocycles. The van der Waals surface area contributed by atoms with Crippen molar-refractivity contribution >= 4 is 45.9 Å². The summed E-state index contributed by atoms with van der Waals surface area (Å²) in [6, 6.07) is 10.9. The summed E-state index contributed by atoms with van der Waals surface area (Å²) >= 11 is 7.31. The van der Waals surface area contributed by atoms with Gasteiger partial charge < -0.3 is 5.32 Å². The van der Waals surface area contributed by atoms with Crippen molar-refractivity contribution in [1.29, 1.82) is 0 Å². The van der Waals surface area contributed by atoms with E-state index in [-0.39, 0.29) is 17.2 Å². The Morgan fingerprint density at radius 1 is 1.25 bits per heavy atom. The lowest BCUT2D eigenvalue weighted by molar-refractivity contribution is -0.113. The summed E-state index contributed by atoms with van der Waals surface area (Å²) in [4.78, 5) is 29.9. The number of benzene rings is 2. The van der Waals surface area contributed by atoms with Crippen LogP contribution in [0.2, 0.25) is 5.02 Å². The van der Waals surface area contributed by atoms with Gasteiger partial charge in [0.15, 0.2) is 5.16 Å². The molecular formula is C21H22ClN3O2S. The van der Waals surface area contributed by atoms with E-state index in [4.69, 9.17) is 11.6 Å². The highest BCUT2D eigenvalue weighted by Gasteiger charge is 2.14. The average molecular weight is 416 g/mol. The second-order valence-corrected chi connectivity index (χ2v) is 7.98. The summed E-state index contributed by atoms with van der Waals surface area (Å²) in [5.41, 5.74) is 3.40. The molecule has 1 heterocycles. The standard InChI is InChI=1S/C21H22ClN3O2S/c1-4-10-25-20(27)16-9-8-15(22)11-18(16)24-21(25)28-12-19(26)23-17-7-5-6-13(2)14(17)3/h5-9,11H,4,10,12H2,1-3H3,(H,23,26). The number of nitrogens with zero attached hydrogens (tertiary/aromatic N) is 2. The quantitative estimate of drug-likeness (QED) is 0.463. The number of nitrogens with one attached hydrogen (secondary N) is 1. The highest BCUT2D eigenvalue weighted by atomic mass is 35.5. The number of aromatic nitrogens is 2. The summed E-state index contributed by atoms with van der Waals surface area (Å²) in [5.74, 6) is 0.0254. The van der Waals surface area contributed by atoms with Crippen LogP contribution in [0, 0.1) is 13.8 Å². The molecule has 0 atom stereocenters. The lowest BCUT2D eigenvalue weighted by Gasteiger charge is -2.13. The Bertz CT molecular complexity index is 1090. The van der Waals surface area contributed by atoms with Crippen LogP contribution in [0.15, 0.2) is 46.3 Å². The number of thioether (sulfide) groups is 1. The van der Waals surface area contributed by atoms with Gasteiger partial charge in [0.1, 0.15) is 0 Å². The van der Waals surface area contributed by atoms with Gasteiger partial charge in [0, 0.05) is 17.3 Å². The molecule has 0 bridgehead atoms. The van der Waals surface area contributed by atoms with Crippen molar-refractivity contribution in [3.05, 3.63) is 62.9 Å². The van der Waals surface area contributed by atoms with Crippen LogP contribution >= 0.6 is 23.4 Å². The highest BCUT2D eigenvalue weighted by Crippen LogP contribution is 2.22. The maximum Gasteiger partial charge on any atom is 0.262 e. The van der Waals surface area contributed by atoms with Gasteiger partial charge >= 0.3 is 0 Å². The number of fused-ring (bicyclic) bond motifs is 1. The van der Waals surface area contributed by atoms with E-state index in [1.165, 1.54) is 11.8 Å². The topological polar surface area (TPSA) is 64.0 Å². The number of aryl methyl sites for hydroxylation is 1. The van der Waals surface area contributed by atoms with Crippen molar-refractivity contribution in [2.75, 3.05) is 11.1 Å². The van der Waals surface area contributed by atoms with Crippen LogP contribution in [0.3, 0.4) is 0 Å². The van der Waals surface area contributed by atoms with Crippen molar-refractivity contribution in [3.8, 4) is 0 Å². The van der Waals surface area contributed by atoms with Crippen LogP contribution < -0.4 is 10.9 Å². The van der Waals surface area contributed by atoms with Gasteiger partial charge in [-0.1, -0.05) is 42.4 Å². The Kier molecular flexibility index (Phi) is 6.42. The van der Waals surface area contributed by atoms with E-state index in [0.29, 0.717) is 27.6 Å². The molecule has 1 aromatic heterocycles. The minimum atomic E-state index is -0.137. The third kappa shape index (κ3) is 4.39. The zero-order valence-electron chi connectivity index (χ0n) is 16.1. The number of carbonyl (C=O) groups is 1. The van der Waals surface area contributed by atoms with E-state index in [1.54, 1.807) is 22.8 Å². The van der Waals surface area contributed by atoms with Gasteiger partial charge in [-0.15, -0.1) is 0 Å². The first-order chi connectivity index (χ1) is 13.4. The summed E-state index contributed by atoms with van der Waals surface area (Å²) in [5, 5.41) is 4.52. The minimum Gasteiger partial charge on any atom is -0.325 e. The van der Waals surface area contributed by atoms with E-state index in [9.17, 15) is 9.59 Å². The molecule has 28 heavy (non-hydrogen) atoms. The number of hydrogen-bond acceptors (Lipinski definition) is 4. The highest BCUT2D eigenvalue weighted by molar-refractivity contribution is 7.99. The number of hydrogen-bond donors (Lipinski definition) is 1. The van der Waals surface area contributed by atoms with Crippen LogP contribution in [0.4, 0.5) is 5.69 Å². The second-order valence-electron chi connectivity index (χ2n) is 6.60. The third-order valence-electron chi connectivity index (χ3n) is 4.54. The van der Waals surface area contributed by atoms with E-state index < -0.39 is 0 Å². The molecule has 1 N–H and O–H groups in total. The zero-order chi connectivity index (χ0) is 20.3. The molecule has 3 aromatic rings. The van der Waals surface area contributed by atoms with Gasteiger partial charge in [-0.3, -0.25) is 14.2 Å². The third-order valence-corrected chi connectivity index (χ3v) is 5.75. The molecule has 146 valence electrons. The molecule has 0 aliphatic rings. The molecule has 1 amide bonds. The average Bonchev–Trinajstić information content (AvgIpc) is 2.66. The van der Waals surface area contributed by atoms with Gasteiger partial charge in [0.2, 0.25) is 5.91 Å². The lowest BCUT2D eigenvalue weighted by Crippen LogP contribution is -2.24. The van der Waals surface area contributed by atoms with Crippen LogP contribution in [-0.4, -0.2) is 21.2 Å². The van der Waals surface area contributed by atoms with Crippen LogP contribution in [0.5, 0.6) is 0 Å². The zero-order valence-corrected chi connectivity index (χ0v) is 17.7. The molecule has 7 heteroatoms. The van der Waals surface area contributed by atoms with E-state index in [1.807, 2.05) is 39.0 Å². The first-order valence-electron chi connectivity index (χ1n) is 9.09. The van der Waals surface area contributed by atoms with Crippen LogP contribution in [0.25, 0.3) is 10.9 Å². The lowest BCUT2D eigenvalue weighted by atomic mass is 10.1. The predicted molar refractivity (Wildman–Crippen MR) is 117 cm³/mol. The summed E-state index contributed by atoms with van der Waals surface area (Å²) < 4.78 is 1.63. The molecular weight excluding hydrogens is 394 g/mol. The molecule has 0 unspecified atom stereocenters. The molecule has 0 aliphatic carbocycles. The van der Waals surface area contributed by atoms with Crippen molar-refractivity contribution in [1.82, 2.24) is 9.55 Å². The largest absolute Gasteiger partial charge is 0.325 e. The normalized spacial score (nSPS) is 11.0. The molecule has 0 radical (unpaired) electrons. The fourth-order valence-electron chi connectivity index (χ4n) is 2.91. The molecule has 2 aromatic carbocycles. The van der Waals surface area contributed by atoms with Gasteiger partial charge in [-0.2, -0.15) is 0 Å². The second kappa shape index (κ2) is 8.80. The van der Waals surface area contributed by atoms with Crippen LogP contribution in [0.1, 0.15) is 24.5 Å². The van der Waals surface area contributed by atoms with Gasteiger partial charge in [0.25, 0.3) is 5.56 Å². The Hall–Kier alpha value is -2.31. The molecule has 0 spiro atoms. The van der Waals surface area contributed by atoms with Gasteiger partial charge in [-0.25, -0.2) is 4.98 Å². The number of anilines is 1. The summed E-state index contributed by atoms with van der Waals surface area (Å²) in [7, 11) is 0. The Balaban J connectivity index is 1.84. The van der Waals surface area contributed by atoms with Crippen molar-refractivity contribution in [3.63, 3.8) is 0 Å². The first kappa shape index (κ1) is 20.4. The van der Waals surface area contributed by atoms with E-state index in [2.05, 4.69) is 10.3 Å². The maximum atomic E-state index is 12.8. The number of halogens is 1. The van der Waals surface area contributed by atoms with Crippen molar-refractivity contribution in [2.45, 2.75) is 38.9 Å². The maximum absolute atomic E-state index is 12.8. The minimum absolute atomic E-state index is 0.110. The van der Waals surface area contributed by atoms with Gasteiger partial charge in [-0.05, 0) is 55.7 Å². The SMILES string of the molecule is CCCn1c(SCC(=O)Nc2cccc(C)c2C)nc2cc(Cl)ccc2c1=O. The fraction of sp³-hybridized carbons (Fsp3) is 0.286. The summed E-state index contributed by atoms with van der Waals surface area (Å²) in [6.45, 7) is 6.53. The fourth-order valence-corrected chi connectivity index (χ4v) is 3.90.